The number of benzene rings is 1. The molecule has 0 radical (unpaired) electrons. The average molecular weight is 321 g/mol. The lowest BCUT2D eigenvalue weighted by atomic mass is 10.2. The second-order valence-corrected chi connectivity index (χ2v) is 6.85. The predicted octanol–water partition coefficient (Wildman–Crippen LogP) is 2.82. The number of thioether (sulfide) groups is 1. The molecule has 0 spiro atoms. The maximum absolute atomic E-state index is 5.72. The fraction of sp³-hybridized carbons (Fsp3) is 0.588. The highest BCUT2D eigenvalue weighted by Crippen LogP contribution is 2.25. The van der Waals surface area contributed by atoms with Gasteiger partial charge >= 0.3 is 0 Å². The molecule has 4 nitrogen and oxygen atoms in total. The molecule has 2 N–H and O–H groups in total. The van der Waals surface area contributed by atoms with E-state index in [2.05, 4.69) is 41.6 Å². The van der Waals surface area contributed by atoms with E-state index < -0.39 is 0 Å². The Balaban J connectivity index is 1.69. The van der Waals surface area contributed by atoms with E-state index in [-0.39, 0.29) is 0 Å². The molecule has 1 aromatic rings. The molecular weight excluding hydrogens is 294 g/mol. The van der Waals surface area contributed by atoms with Gasteiger partial charge in [-0.3, -0.25) is 4.99 Å². The molecule has 1 atom stereocenters. The molecule has 0 aromatic heterocycles. The SMILES string of the molecule is CCNC(=NCC1CCCS1)NCCOc1ccc(C)cc1. The first-order valence-electron chi connectivity index (χ1n) is 8.11. The minimum atomic E-state index is 0.631. The van der Waals surface area contributed by atoms with Gasteiger partial charge in [0, 0.05) is 11.8 Å². The highest BCUT2D eigenvalue weighted by Gasteiger charge is 2.14. The summed E-state index contributed by atoms with van der Waals surface area (Å²) >= 11 is 2.04. The Bertz CT molecular complexity index is 455. The van der Waals surface area contributed by atoms with E-state index in [1.807, 2.05) is 23.9 Å². The van der Waals surface area contributed by atoms with Crippen LogP contribution in [-0.4, -0.2) is 43.2 Å². The van der Waals surface area contributed by atoms with Crippen LogP contribution in [0.4, 0.5) is 0 Å². The van der Waals surface area contributed by atoms with Crippen molar-refractivity contribution in [2.45, 2.75) is 31.9 Å². The third-order valence-corrected chi connectivity index (χ3v) is 4.89. The highest BCUT2D eigenvalue weighted by atomic mass is 32.2. The van der Waals surface area contributed by atoms with Crippen LogP contribution < -0.4 is 15.4 Å². The molecule has 0 bridgehead atoms. The zero-order valence-electron chi connectivity index (χ0n) is 13.6. The summed E-state index contributed by atoms with van der Waals surface area (Å²) in [4.78, 5) is 4.67. The van der Waals surface area contributed by atoms with Crippen LogP contribution in [0.1, 0.15) is 25.3 Å². The summed E-state index contributed by atoms with van der Waals surface area (Å²) < 4.78 is 5.72. The first-order chi connectivity index (χ1) is 10.8. The van der Waals surface area contributed by atoms with Gasteiger partial charge in [0.15, 0.2) is 5.96 Å². The van der Waals surface area contributed by atoms with Gasteiger partial charge in [-0.1, -0.05) is 17.7 Å². The third-order valence-electron chi connectivity index (χ3n) is 3.51. The summed E-state index contributed by atoms with van der Waals surface area (Å²) in [5, 5.41) is 7.31. The van der Waals surface area contributed by atoms with Gasteiger partial charge in [-0.2, -0.15) is 11.8 Å². The number of ether oxygens (including phenoxy) is 1. The van der Waals surface area contributed by atoms with Gasteiger partial charge in [0.05, 0.1) is 13.1 Å². The first kappa shape index (κ1) is 17.0. The summed E-state index contributed by atoms with van der Waals surface area (Å²) in [6.07, 6.45) is 2.63. The number of hydrogen-bond acceptors (Lipinski definition) is 3. The number of guanidine groups is 1. The fourth-order valence-electron chi connectivity index (χ4n) is 2.30. The van der Waals surface area contributed by atoms with Gasteiger partial charge in [0.1, 0.15) is 12.4 Å². The minimum Gasteiger partial charge on any atom is -0.492 e. The lowest BCUT2D eigenvalue weighted by Crippen LogP contribution is -2.39. The zero-order valence-corrected chi connectivity index (χ0v) is 14.4. The van der Waals surface area contributed by atoms with E-state index in [0.717, 1.165) is 31.3 Å². The van der Waals surface area contributed by atoms with Gasteiger partial charge in [-0.05, 0) is 44.6 Å². The van der Waals surface area contributed by atoms with Gasteiger partial charge in [0.25, 0.3) is 0 Å². The van der Waals surface area contributed by atoms with E-state index >= 15 is 0 Å². The predicted molar refractivity (Wildman–Crippen MR) is 96.1 cm³/mol. The standard InChI is InChI=1S/C17H27N3OS/c1-3-18-17(20-13-16-5-4-12-22-16)19-10-11-21-15-8-6-14(2)7-9-15/h6-9,16H,3-5,10-13H2,1-2H3,(H2,18,19,20). The normalized spacial score (nSPS) is 18.3. The summed E-state index contributed by atoms with van der Waals surface area (Å²) in [6.45, 7) is 7.32. The monoisotopic (exact) mass is 321 g/mol. The van der Waals surface area contributed by atoms with Crippen molar-refractivity contribution in [3.05, 3.63) is 29.8 Å². The van der Waals surface area contributed by atoms with Crippen molar-refractivity contribution in [1.82, 2.24) is 10.6 Å². The molecule has 0 amide bonds. The van der Waals surface area contributed by atoms with E-state index in [1.54, 1.807) is 0 Å². The van der Waals surface area contributed by atoms with Crippen LogP contribution in [0.15, 0.2) is 29.3 Å². The van der Waals surface area contributed by atoms with Crippen molar-refractivity contribution >= 4 is 17.7 Å². The van der Waals surface area contributed by atoms with Crippen LogP contribution in [0.3, 0.4) is 0 Å². The maximum Gasteiger partial charge on any atom is 0.191 e. The molecule has 1 heterocycles. The highest BCUT2D eigenvalue weighted by molar-refractivity contribution is 8.00. The van der Waals surface area contributed by atoms with Crippen molar-refractivity contribution in [1.29, 1.82) is 0 Å². The second kappa shape index (κ2) is 9.62. The van der Waals surface area contributed by atoms with Crippen molar-refractivity contribution in [2.75, 3.05) is 32.0 Å². The summed E-state index contributed by atoms with van der Waals surface area (Å²) in [7, 11) is 0. The van der Waals surface area contributed by atoms with Crippen molar-refractivity contribution in [2.24, 2.45) is 4.99 Å². The Morgan fingerprint density at radius 1 is 1.32 bits per heavy atom. The molecule has 1 aliphatic rings. The number of aryl methyl sites for hydroxylation is 1. The quantitative estimate of drug-likeness (QED) is 0.460. The maximum atomic E-state index is 5.72. The number of nitrogens with zero attached hydrogens (tertiary/aromatic N) is 1. The van der Waals surface area contributed by atoms with E-state index in [0.29, 0.717) is 11.9 Å². The third kappa shape index (κ3) is 6.18. The molecule has 1 unspecified atom stereocenters. The Hall–Kier alpha value is -1.36. The molecular formula is C17H27N3OS. The molecule has 1 aliphatic heterocycles. The van der Waals surface area contributed by atoms with E-state index in [1.165, 1.54) is 24.2 Å². The Morgan fingerprint density at radius 2 is 2.14 bits per heavy atom. The van der Waals surface area contributed by atoms with Crippen LogP contribution in [0, 0.1) is 6.92 Å². The Morgan fingerprint density at radius 3 is 2.82 bits per heavy atom. The molecule has 1 aromatic carbocycles. The molecule has 0 saturated carbocycles. The summed E-state index contributed by atoms with van der Waals surface area (Å²) in [6, 6.07) is 8.14. The van der Waals surface area contributed by atoms with Gasteiger partial charge in [0.2, 0.25) is 0 Å². The minimum absolute atomic E-state index is 0.631. The molecule has 1 saturated heterocycles. The number of aliphatic imine (C=N–C) groups is 1. The van der Waals surface area contributed by atoms with Crippen LogP contribution >= 0.6 is 11.8 Å². The van der Waals surface area contributed by atoms with Crippen LogP contribution in [0.5, 0.6) is 5.75 Å². The van der Waals surface area contributed by atoms with Crippen LogP contribution in [0.2, 0.25) is 0 Å². The number of rotatable bonds is 7. The Labute approximate surface area is 138 Å². The molecule has 2 rings (SSSR count). The zero-order chi connectivity index (χ0) is 15.6. The van der Waals surface area contributed by atoms with Crippen LogP contribution in [0.25, 0.3) is 0 Å². The van der Waals surface area contributed by atoms with E-state index in [9.17, 15) is 0 Å². The van der Waals surface area contributed by atoms with Crippen molar-refractivity contribution < 1.29 is 4.74 Å². The lowest BCUT2D eigenvalue weighted by molar-refractivity contribution is 0.322. The molecule has 5 heteroatoms. The average Bonchev–Trinajstić information content (AvgIpc) is 3.04. The topological polar surface area (TPSA) is 45.7 Å². The van der Waals surface area contributed by atoms with Gasteiger partial charge in [-0.25, -0.2) is 0 Å². The van der Waals surface area contributed by atoms with Crippen LogP contribution in [-0.2, 0) is 0 Å². The second-order valence-electron chi connectivity index (χ2n) is 5.44. The smallest absolute Gasteiger partial charge is 0.191 e. The first-order valence-corrected chi connectivity index (χ1v) is 9.16. The summed E-state index contributed by atoms with van der Waals surface area (Å²) in [5.41, 5.74) is 1.25. The number of hydrogen-bond donors (Lipinski definition) is 2. The van der Waals surface area contributed by atoms with E-state index in [4.69, 9.17) is 4.74 Å². The molecule has 122 valence electrons. The molecule has 0 aliphatic carbocycles. The number of nitrogens with one attached hydrogen (secondary N) is 2. The molecule has 22 heavy (non-hydrogen) atoms. The van der Waals surface area contributed by atoms with Gasteiger partial charge in [-0.15, -0.1) is 0 Å². The van der Waals surface area contributed by atoms with Gasteiger partial charge < -0.3 is 15.4 Å². The molecule has 1 fully saturated rings. The Kier molecular flexibility index (Phi) is 7.43. The largest absolute Gasteiger partial charge is 0.492 e. The summed E-state index contributed by atoms with van der Waals surface area (Å²) in [5.74, 6) is 3.09. The lowest BCUT2D eigenvalue weighted by Gasteiger charge is -2.13. The van der Waals surface area contributed by atoms with Crippen molar-refractivity contribution in [3.63, 3.8) is 0 Å². The fourth-order valence-corrected chi connectivity index (χ4v) is 3.48. The van der Waals surface area contributed by atoms with Crippen molar-refractivity contribution in [3.8, 4) is 5.75 Å².